The Morgan fingerprint density at radius 3 is 2.42 bits per heavy atom. The summed E-state index contributed by atoms with van der Waals surface area (Å²) in [5.41, 5.74) is -0.615. The molecule has 2 aromatic carbocycles. The minimum atomic E-state index is -4.61. The smallest absolute Gasteiger partial charge is 0.416 e. The molecular formula is C21H20ClF3N2O4. The van der Waals surface area contributed by atoms with Gasteiger partial charge in [-0.1, -0.05) is 11.6 Å². The highest BCUT2D eigenvalue weighted by atomic mass is 35.5. The Morgan fingerprint density at radius 1 is 1.13 bits per heavy atom. The summed E-state index contributed by atoms with van der Waals surface area (Å²) in [5.74, 6) is -0.490. The van der Waals surface area contributed by atoms with Crippen LogP contribution in [0.2, 0.25) is 5.02 Å². The fourth-order valence-electron chi connectivity index (χ4n) is 2.61. The van der Waals surface area contributed by atoms with Gasteiger partial charge in [0, 0.05) is 13.0 Å². The average molecular weight is 457 g/mol. The summed E-state index contributed by atoms with van der Waals surface area (Å²) in [6, 6.07) is 5.77. The Hall–Kier alpha value is -3.20. The molecule has 0 bridgehead atoms. The van der Waals surface area contributed by atoms with Crippen molar-refractivity contribution in [3.8, 4) is 11.5 Å². The zero-order valence-electron chi connectivity index (χ0n) is 16.9. The van der Waals surface area contributed by atoms with Gasteiger partial charge < -0.3 is 20.1 Å². The minimum Gasteiger partial charge on any atom is -0.491 e. The molecule has 2 rings (SSSR count). The van der Waals surface area contributed by atoms with E-state index in [1.54, 1.807) is 19.1 Å². The summed E-state index contributed by atoms with van der Waals surface area (Å²) in [5, 5.41) is 4.99. The first kappa shape index (κ1) is 24.1. The Morgan fingerprint density at radius 2 is 1.84 bits per heavy atom. The lowest BCUT2D eigenvalue weighted by atomic mass is 10.1. The zero-order valence-corrected chi connectivity index (χ0v) is 17.6. The molecule has 0 aliphatic rings. The molecule has 0 radical (unpaired) electrons. The van der Waals surface area contributed by atoms with Crippen molar-refractivity contribution in [3.05, 3.63) is 52.6 Å². The number of anilines is 2. The van der Waals surface area contributed by atoms with Gasteiger partial charge in [0.25, 0.3) is 0 Å². The van der Waals surface area contributed by atoms with E-state index in [0.29, 0.717) is 23.7 Å². The molecule has 0 heterocycles. The van der Waals surface area contributed by atoms with Gasteiger partial charge in [-0.05, 0) is 48.9 Å². The van der Waals surface area contributed by atoms with Crippen molar-refractivity contribution in [2.75, 3.05) is 24.4 Å². The Bertz CT molecular complexity index is 1010. The van der Waals surface area contributed by atoms with Crippen molar-refractivity contribution < 1.29 is 32.2 Å². The maximum Gasteiger partial charge on any atom is 0.416 e. The highest BCUT2D eigenvalue weighted by Crippen LogP contribution is 2.37. The predicted octanol–water partition coefficient (Wildman–Crippen LogP) is 5.38. The molecule has 0 aromatic heterocycles. The summed E-state index contributed by atoms with van der Waals surface area (Å²) < 4.78 is 49.7. The molecule has 0 aliphatic carbocycles. The van der Waals surface area contributed by atoms with Crippen molar-refractivity contribution >= 4 is 40.9 Å². The van der Waals surface area contributed by atoms with Crippen LogP contribution in [0.1, 0.15) is 25.0 Å². The molecule has 166 valence electrons. The van der Waals surface area contributed by atoms with Crippen LogP contribution < -0.4 is 20.1 Å². The Labute approximate surface area is 182 Å². The molecule has 6 nitrogen and oxygen atoms in total. The van der Waals surface area contributed by atoms with Gasteiger partial charge in [0.2, 0.25) is 11.8 Å². The first-order valence-electron chi connectivity index (χ1n) is 9.03. The standard InChI is InChI=1S/C21H20ClF3N2O4/c1-4-31-18-10-13(9-15(22)20(18)30-3)5-8-19(29)27-17-11-14(21(23,24)25)6-7-16(17)26-12(2)28/h5-11H,4H2,1-3H3,(H,26,28)(H,27,29)/b8-5+. The minimum absolute atomic E-state index is 0.0355. The summed E-state index contributed by atoms with van der Waals surface area (Å²) >= 11 is 6.16. The summed E-state index contributed by atoms with van der Waals surface area (Å²) in [6.45, 7) is 3.35. The van der Waals surface area contributed by atoms with Crippen molar-refractivity contribution in [2.24, 2.45) is 0 Å². The number of benzene rings is 2. The van der Waals surface area contributed by atoms with Crippen LogP contribution in [0.25, 0.3) is 6.08 Å². The van der Waals surface area contributed by atoms with Gasteiger partial charge in [-0.3, -0.25) is 9.59 Å². The van der Waals surface area contributed by atoms with E-state index >= 15 is 0 Å². The molecule has 2 aromatic rings. The maximum absolute atomic E-state index is 13.0. The molecule has 2 N–H and O–H groups in total. The van der Waals surface area contributed by atoms with Gasteiger partial charge in [-0.25, -0.2) is 0 Å². The summed E-state index contributed by atoms with van der Waals surface area (Å²) in [6.07, 6.45) is -2.08. The van der Waals surface area contributed by atoms with E-state index in [1.807, 2.05) is 0 Å². The quantitative estimate of drug-likeness (QED) is 0.549. The van der Waals surface area contributed by atoms with Crippen molar-refractivity contribution in [3.63, 3.8) is 0 Å². The number of carbonyl (C=O) groups excluding carboxylic acids is 2. The van der Waals surface area contributed by atoms with Crippen LogP contribution >= 0.6 is 11.6 Å². The first-order chi connectivity index (χ1) is 14.5. The highest BCUT2D eigenvalue weighted by Gasteiger charge is 2.31. The largest absolute Gasteiger partial charge is 0.491 e. The molecule has 0 fully saturated rings. The molecule has 31 heavy (non-hydrogen) atoms. The predicted molar refractivity (Wildman–Crippen MR) is 113 cm³/mol. The Kier molecular flexibility index (Phi) is 7.93. The summed E-state index contributed by atoms with van der Waals surface area (Å²) in [7, 11) is 1.44. The zero-order chi connectivity index (χ0) is 23.2. The van der Waals surface area contributed by atoms with Gasteiger partial charge >= 0.3 is 6.18 Å². The monoisotopic (exact) mass is 456 g/mol. The van der Waals surface area contributed by atoms with E-state index in [2.05, 4.69) is 10.6 Å². The second-order valence-corrected chi connectivity index (χ2v) is 6.64. The normalized spacial score (nSPS) is 11.3. The molecule has 0 unspecified atom stereocenters. The van der Waals surface area contributed by atoms with Crippen molar-refractivity contribution in [2.45, 2.75) is 20.0 Å². The Balaban J connectivity index is 2.29. The van der Waals surface area contributed by atoms with Crippen LogP contribution in [0.15, 0.2) is 36.4 Å². The van der Waals surface area contributed by atoms with Gasteiger partial charge in [0.05, 0.1) is 35.7 Å². The number of halogens is 4. The summed E-state index contributed by atoms with van der Waals surface area (Å²) in [4.78, 5) is 23.6. The number of nitrogens with one attached hydrogen (secondary N) is 2. The number of hydrogen-bond acceptors (Lipinski definition) is 4. The topological polar surface area (TPSA) is 76.7 Å². The molecule has 0 aliphatic heterocycles. The molecule has 0 saturated carbocycles. The van der Waals surface area contributed by atoms with E-state index in [4.69, 9.17) is 21.1 Å². The molecule has 10 heteroatoms. The number of ether oxygens (including phenoxy) is 2. The third kappa shape index (κ3) is 6.65. The number of hydrogen-bond donors (Lipinski definition) is 2. The van der Waals surface area contributed by atoms with E-state index in [1.165, 1.54) is 20.1 Å². The van der Waals surface area contributed by atoms with E-state index in [9.17, 15) is 22.8 Å². The van der Waals surface area contributed by atoms with Gasteiger partial charge in [-0.2, -0.15) is 13.2 Å². The van der Waals surface area contributed by atoms with Crippen molar-refractivity contribution in [1.29, 1.82) is 0 Å². The van der Waals surface area contributed by atoms with Crippen LogP contribution in [0.4, 0.5) is 24.5 Å². The van der Waals surface area contributed by atoms with Gasteiger partial charge in [-0.15, -0.1) is 0 Å². The second-order valence-electron chi connectivity index (χ2n) is 6.23. The van der Waals surface area contributed by atoms with Crippen LogP contribution in [0.5, 0.6) is 11.5 Å². The van der Waals surface area contributed by atoms with E-state index in [-0.39, 0.29) is 16.4 Å². The highest BCUT2D eigenvalue weighted by molar-refractivity contribution is 6.32. The van der Waals surface area contributed by atoms with E-state index in [0.717, 1.165) is 24.3 Å². The lowest BCUT2D eigenvalue weighted by molar-refractivity contribution is -0.137. The molecule has 0 spiro atoms. The number of carbonyl (C=O) groups is 2. The fourth-order valence-corrected chi connectivity index (χ4v) is 2.91. The van der Waals surface area contributed by atoms with E-state index < -0.39 is 23.6 Å². The first-order valence-corrected chi connectivity index (χ1v) is 9.41. The molecule has 0 atom stereocenters. The third-order valence-electron chi connectivity index (χ3n) is 3.88. The van der Waals surface area contributed by atoms with Crippen molar-refractivity contribution in [1.82, 2.24) is 0 Å². The molecule has 2 amide bonds. The van der Waals surface area contributed by atoms with Gasteiger partial charge in [0.15, 0.2) is 11.5 Å². The second kappa shape index (κ2) is 10.2. The lowest BCUT2D eigenvalue weighted by Crippen LogP contribution is -2.15. The maximum atomic E-state index is 13.0. The van der Waals surface area contributed by atoms with Crippen LogP contribution in [0, 0.1) is 0 Å². The number of alkyl halides is 3. The fraction of sp³-hybridized carbons (Fsp3) is 0.238. The number of amides is 2. The van der Waals surface area contributed by atoms with Crippen LogP contribution in [0.3, 0.4) is 0 Å². The van der Waals surface area contributed by atoms with Crippen LogP contribution in [-0.2, 0) is 15.8 Å². The SMILES string of the molecule is CCOc1cc(/C=C/C(=O)Nc2cc(C(F)(F)F)ccc2NC(C)=O)cc(Cl)c1OC. The number of rotatable bonds is 7. The third-order valence-corrected chi connectivity index (χ3v) is 4.16. The molecule has 0 saturated heterocycles. The van der Waals surface area contributed by atoms with Gasteiger partial charge in [0.1, 0.15) is 0 Å². The van der Waals surface area contributed by atoms with Crippen LogP contribution in [-0.4, -0.2) is 25.5 Å². The molecular weight excluding hydrogens is 437 g/mol. The average Bonchev–Trinajstić information content (AvgIpc) is 2.66. The lowest BCUT2D eigenvalue weighted by Gasteiger charge is -2.14. The number of methoxy groups -OCH3 is 1.